The van der Waals surface area contributed by atoms with Gasteiger partial charge in [-0.25, -0.2) is 9.78 Å². The quantitative estimate of drug-likeness (QED) is 0.556. The molecule has 1 saturated heterocycles. The summed E-state index contributed by atoms with van der Waals surface area (Å²) in [6, 6.07) is 8.91. The number of ether oxygens (including phenoxy) is 1. The van der Waals surface area contributed by atoms with Gasteiger partial charge in [-0.1, -0.05) is 19.9 Å². The number of hydrogen-bond acceptors (Lipinski definition) is 5. The molecule has 3 aliphatic rings. The third-order valence-corrected chi connectivity index (χ3v) is 7.50. The van der Waals surface area contributed by atoms with E-state index in [2.05, 4.69) is 10.3 Å². The van der Waals surface area contributed by atoms with Crippen LogP contribution in [0.3, 0.4) is 0 Å². The maximum atomic E-state index is 13.8. The Kier molecular flexibility index (Phi) is 6.30. The third-order valence-electron chi connectivity index (χ3n) is 7.50. The second kappa shape index (κ2) is 9.29. The van der Waals surface area contributed by atoms with Crippen molar-refractivity contribution in [3.05, 3.63) is 42.1 Å². The number of amides is 2. The number of fused-ring (bicyclic) bond motifs is 2. The Morgan fingerprint density at radius 2 is 1.92 bits per heavy atom. The number of aromatic nitrogens is 1. The summed E-state index contributed by atoms with van der Waals surface area (Å²) in [5.74, 6) is -1.30. The van der Waals surface area contributed by atoms with Crippen molar-refractivity contribution >= 4 is 34.9 Å². The fourth-order valence-electron chi connectivity index (χ4n) is 5.37. The zero-order valence-corrected chi connectivity index (χ0v) is 20.2. The van der Waals surface area contributed by atoms with E-state index in [9.17, 15) is 22.8 Å². The Bertz CT molecular complexity index is 1160. The first-order chi connectivity index (χ1) is 17.1. The van der Waals surface area contributed by atoms with Gasteiger partial charge in [0.1, 0.15) is 12.4 Å². The number of carbonyl (C=O) groups is 2. The van der Waals surface area contributed by atoms with Gasteiger partial charge >= 0.3 is 12.3 Å². The van der Waals surface area contributed by atoms with Crippen LogP contribution in [-0.2, 0) is 16.1 Å². The molecule has 36 heavy (non-hydrogen) atoms. The Balaban J connectivity index is 1.50. The molecule has 1 atom stereocenters. The van der Waals surface area contributed by atoms with E-state index in [1.165, 1.54) is 0 Å². The second-order valence-corrected chi connectivity index (χ2v) is 10.1. The van der Waals surface area contributed by atoms with Gasteiger partial charge < -0.3 is 15.0 Å². The van der Waals surface area contributed by atoms with E-state index in [0.29, 0.717) is 22.9 Å². The number of carbonyl (C=O) groups excluding carboxylic acids is 2. The molecule has 1 N–H and O–H groups in total. The van der Waals surface area contributed by atoms with Crippen molar-refractivity contribution in [3.63, 3.8) is 0 Å². The summed E-state index contributed by atoms with van der Waals surface area (Å²) in [5, 5.41) is 3.29. The zero-order chi connectivity index (χ0) is 25.6. The minimum absolute atomic E-state index is 0.0489. The number of anilines is 4. The van der Waals surface area contributed by atoms with E-state index in [-0.39, 0.29) is 56.7 Å². The monoisotopic (exact) mass is 502 g/mol. The van der Waals surface area contributed by atoms with E-state index in [1.807, 2.05) is 19.9 Å². The lowest BCUT2D eigenvalue weighted by Crippen LogP contribution is -2.39. The molecule has 1 aromatic carbocycles. The fourth-order valence-corrected chi connectivity index (χ4v) is 5.37. The molecular formula is C26H29F3N4O3. The number of nitrogens with zero attached hydrogens (tertiary/aromatic N) is 3. The highest BCUT2D eigenvalue weighted by Crippen LogP contribution is 2.43. The maximum Gasteiger partial charge on any atom is 0.414 e. The number of pyridine rings is 1. The van der Waals surface area contributed by atoms with Crippen molar-refractivity contribution in [1.82, 2.24) is 4.98 Å². The minimum atomic E-state index is -4.23. The first-order valence-electron chi connectivity index (χ1n) is 12.3. The molecule has 0 unspecified atom stereocenters. The fraction of sp³-hybridized carbons (Fsp3) is 0.500. The van der Waals surface area contributed by atoms with Gasteiger partial charge in [-0.3, -0.25) is 9.69 Å². The first kappa shape index (κ1) is 24.4. The van der Waals surface area contributed by atoms with Crippen LogP contribution in [0, 0.1) is 17.8 Å². The lowest BCUT2D eigenvalue weighted by molar-refractivity contribution is -0.184. The van der Waals surface area contributed by atoms with Crippen LogP contribution in [0.1, 0.15) is 45.1 Å². The van der Waals surface area contributed by atoms with Gasteiger partial charge in [0.05, 0.1) is 29.9 Å². The van der Waals surface area contributed by atoms with Crippen LogP contribution in [0.15, 0.2) is 36.5 Å². The van der Waals surface area contributed by atoms with Crippen LogP contribution in [0.25, 0.3) is 0 Å². The Labute approximate surface area is 207 Å². The van der Waals surface area contributed by atoms with Gasteiger partial charge in [-0.15, -0.1) is 0 Å². The summed E-state index contributed by atoms with van der Waals surface area (Å²) < 4.78 is 44.9. The number of halogens is 3. The SMILES string of the molecule is CC(C)[C@H]1COC(=O)N1c1ccc2c(c1)N(C(=O)C1CCC(C(F)(F)F)CC1)Cc1cccnc1N2. The van der Waals surface area contributed by atoms with Crippen molar-refractivity contribution in [1.29, 1.82) is 0 Å². The van der Waals surface area contributed by atoms with Crippen LogP contribution in [0.5, 0.6) is 0 Å². The standard InChI is InChI=1S/C26H29F3N4O3/c1-15(2)22-14-36-25(35)33(22)19-9-10-20-21(12-19)32(13-17-4-3-11-30-23(17)31-20)24(34)16-5-7-18(8-6-16)26(27,28)29/h3-4,9-12,15-16,18,22H,5-8,13-14H2,1-2H3,(H,30,31)/t16?,18?,22-/m1/s1. The molecule has 1 aromatic heterocycles. The van der Waals surface area contributed by atoms with Crippen LogP contribution in [0.4, 0.5) is 40.8 Å². The average Bonchev–Trinajstić information content (AvgIpc) is 3.16. The topological polar surface area (TPSA) is 74.8 Å². The number of alkyl halides is 3. The van der Waals surface area contributed by atoms with Gasteiger partial charge in [-0.2, -0.15) is 13.2 Å². The van der Waals surface area contributed by atoms with Gasteiger partial charge in [0.2, 0.25) is 5.91 Å². The van der Waals surface area contributed by atoms with Crippen LogP contribution in [0.2, 0.25) is 0 Å². The smallest absolute Gasteiger partial charge is 0.414 e. The molecule has 1 saturated carbocycles. The Morgan fingerprint density at radius 3 is 2.61 bits per heavy atom. The molecule has 2 aromatic rings. The van der Waals surface area contributed by atoms with Crippen LogP contribution >= 0.6 is 0 Å². The van der Waals surface area contributed by atoms with Gasteiger partial charge in [-0.05, 0) is 55.9 Å². The largest absolute Gasteiger partial charge is 0.447 e. The summed E-state index contributed by atoms with van der Waals surface area (Å²) in [6.07, 6.45) is -2.73. The summed E-state index contributed by atoms with van der Waals surface area (Å²) in [4.78, 5) is 34.0. The zero-order valence-electron chi connectivity index (χ0n) is 20.2. The lowest BCUT2D eigenvalue weighted by atomic mass is 9.81. The molecule has 2 aliphatic heterocycles. The van der Waals surface area contributed by atoms with Crippen molar-refractivity contribution < 1.29 is 27.5 Å². The molecule has 1 aliphatic carbocycles. The summed E-state index contributed by atoms with van der Waals surface area (Å²) in [6.45, 7) is 4.54. The number of rotatable bonds is 3. The highest BCUT2D eigenvalue weighted by Gasteiger charge is 2.44. The van der Waals surface area contributed by atoms with E-state index in [1.54, 1.807) is 40.3 Å². The molecule has 2 fully saturated rings. The third kappa shape index (κ3) is 4.49. The van der Waals surface area contributed by atoms with Gasteiger partial charge in [0, 0.05) is 23.4 Å². The molecule has 10 heteroatoms. The number of nitrogens with one attached hydrogen (secondary N) is 1. The second-order valence-electron chi connectivity index (χ2n) is 10.1. The molecule has 5 rings (SSSR count). The minimum Gasteiger partial charge on any atom is -0.447 e. The number of hydrogen-bond donors (Lipinski definition) is 1. The van der Waals surface area contributed by atoms with Gasteiger partial charge in [0.15, 0.2) is 0 Å². The molecule has 0 bridgehead atoms. The van der Waals surface area contributed by atoms with Crippen molar-refractivity contribution in [2.75, 3.05) is 21.7 Å². The van der Waals surface area contributed by atoms with Crippen molar-refractivity contribution in [3.8, 4) is 0 Å². The van der Waals surface area contributed by atoms with Crippen molar-refractivity contribution in [2.24, 2.45) is 17.8 Å². The lowest BCUT2D eigenvalue weighted by Gasteiger charge is -2.33. The molecule has 192 valence electrons. The van der Waals surface area contributed by atoms with Crippen molar-refractivity contribution in [2.45, 2.75) is 58.3 Å². The summed E-state index contributed by atoms with van der Waals surface area (Å²) >= 11 is 0. The highest BCUT2D eigenvalue weighted by molar-refractivity contribution is 6.01. The summed E-state index contributed by atoms with van der Waals surface area (Å²) in [7, 11) is 0. The average molecular weight is 503 g/mol. The highest BCUT2D eigenvalue weighted by atomic mass is 19.4. The van der Waals surface area contributed by atoms with Crippen LogP contribution in [-0.4, -0.2) is 35.8 Å². The van der Waals surface area contributed by atoms with Crippen LogP contribution < -0.4 is 15.1 Å². The molecule has 2 amide bonds. The normalized spacial score (nSPS) is 24.1. The predicted octanol–water partition coefficient (Wildman–Crippen LogP) is 6.02. The predicted molar refractivity (Wildman–Crippen MR) is 129 cm³/mol. The maximum absolute atomic E-state index is 13.8. The molecular weight excluding hydrogens is 473 g/mol. The van der Waals surface area contributed by atoms with E-state index < -0.39 is 24.1 Å². The van der Waals surface area contributed by atoms with E-state index >= 15 is 0 Å². The van der Waals surface area contributed by atoms with E-state index in [0.717, 1.165) is 5.56 Å². The Morgan fingerprint density at radius 1 is 1.17 bits per heavy atom. The van der Waals surface area contributed by atoms with E-state index in [4.69, 9.17) is 4.74 Å². The molecule has 3 heterocycles. The number of cyclic esters (lactones) is 1. The summed E-state index contributed by atoms with van der Waals surface area (Å²) in [5.41, 5.74) is 2.61. The Hall–Kier alpha value is -3.30. The number of benzene rings is 1. The van der Waals surface area contributed by atoms with Gasteiger partial charge in [0.25, 0.3) is 0 Å². The molecule has 0 spiro atoms. The first-order valence-corrected chi connectivity index (χ1v) is 12.3. The molecule has 0 radical (unpaired) electrons. The molecule has 7 nitrogen and oxygen atoms in total.